The van der Waals surface area contributed by atoms with Crippen LogP contribution in [0.1, 0.15) is 46.0 Å². The van der Waals surface area contributed by atoms with Gasteiger partial charge in [-0.05, 0) is 57.6 Å². The van der Waals surface area contributed by atoms with Gasteiger partial charge in [-0.25, -0.2) is 0 Å². The molecule has 1 amide bonds. The molecule has 0 bridgehead atoms. The molecule has 20 heavy (non-hydrogen) atoms. The monoisotopic (exact) mass is 300 g/mol. The summed E-state index contributed by atoms with van der Waals surface area (Å²) < 4.78 is 0. The first-order chi connectivity index (χ1) is 9.52. The maximum Gasteiger partial charge on any atom is 0.237 e. The summed E-state index contributed by atoms with van der Waals surface area (Å²) in [7, 11) is 0. The van der Waals surface area contributed by atoms with Gasteiger partial charge in [0.15, 0.2) is 0 Å². The van der Waals surface area contributed by atoms with Gasteiger partial charge in [0.05, 0.1) is 11.6 Å². The van der Waals surface area contributed by atoms with E-state index in [4.69, 9.17) is 0 Å². The second-order valence-corrected chi connectivity index (χ2v) is 7.62. The van der Waals surface area contributed by atoms with E-state index in [9.17, 15) is 9.90 Å². The Balaban J connectivity index is 1.86. The number of rotatable bonds is 4. The number of piperidine rings is 1. The van der Waals surface area contributed by atoms with Crippen molar-refractivity contribution >= 4 is 17.7 Å². The summed E-state index contributed by atoms with van der Waals surface area (Å²) in [5, 5.41) is 13.5. The number of thioether (sulfide) groups is 1. The molecule has 5 heteroatoms. The molecular formula is C15H28N2O2S. The molecule has 0 radical (unpaired) electrons. The number of nitrogens with one attached hydrogen (secondary N) is 1. The first-order valence-corrected chi connectivity index (χ1v) is 9.01. The zero-order chi connectivity index (χ0) is 14.6. The van der Waals surface area contributed by atoms with Gasteiger partial charge < -0.3 is 10.4 Å². The third-order valence-corrected chi connectivity index (χ3v) is 5.51. The van der Waals surface area contributed by atoms with Crippen LogP contribution < -0.4 is 5.32 Å². The summed E-state index contributed by atoms with van der Waals surface area (Å²) in [6.45, 7) is 5.72. The lowest BCUT2D eigenvalue weighted by Crippen LogP contribution is -2.54. The third-order valence-electron chi connectivity index (χ3n) is 4.53. The Labute approximate surface area is 126 Å². The SMILES string of the molecule is CC(C)N1CCCC[C@@H]1C(=O)NCC1(O)CCSCC1. The van der Waals surface area contributed by atoms with Crippen LogP contribution in [0.4, 0.5) is 0 Å². The van der Waals surface area contributed by atoms with Crippen LogP contribution in [-0.2, 0) is 4.79 Å². The molecule has 1 atom stereocenters. The molecular weight excluding hydrogens is 272 g/mol. The molecule has 2 fully saturated rings. The van der Waals surface area contributed by atoms with Crippen LogP contribution in [-0.4, -0.2) is 58.2 Å². The Bertz CT molecular complexity index is 330. The fraction of sp³-hybridized carbons (Fsp3) is 0.933. The van der Waals surface area contributed by atoms with Crippen molar-refractivity contribution in [1.29, 1.82) is 0 Å². The van der Waals surface area contributed by atoms with E-state index in [-0.39, 0.29) is 11.9 Å². The van der Waals surface area contributed by atoms with Crippen molar-refractivity contribution in [2.75, 3.05) is 24.6 Å². The number of likely N-dealkylation sites (tertiary alicyclic amines) is 1. The van der Waals surface area contributed by atoms with Crippen molar-refractivity contribution in [2.24, 2.45) is 0 Å². The van der Waals surface area contributed by atoms with Crippen LogP contribution in [0.2, 0.25) is 0 Å². The first kappa shape index (κ1) is 16.1. The van der Waals surface area contributed by atoms with Crippen molar-refractivity contribution in [2.45, 2.75) is 63.6 Å². The van der Waals surface area contributed by atoms with Crippen LogP contribution >= 0.6 is 11.8 Å². The van der Waals surface area contributed by atoms with Gasteiger partial charge in [0.2, 0.25) is 5.91 Å². The molecule has 0 saturated carbocycles. The average molecular weight is 300 g/mol. The standard InChI is InChI=1S/C15H28N2O2S/c1-12(2)17-8-4-3-5-13(17)14(18)16-11-15(19)6-9-20-10-7-15/h12-13,19H,3-11H2,1-2H3,(H,16,18)/t13-/m1/s1. The summed E-state index contributed by atoms with van der Waals surface area (Å²) in [6, 6.07) is 0.394. The molecule has 2 aliphatic heterocycles. The van der Waals surface area contributed by atoms with Gasteiger partial charge in [-0.15, -0.1) is 0 Å². The topological polar surface area (TPSA) is 52.6 Å². The minimum absolute atomic E-state index is 0.00897. The smallest absolute Gasteiger partial charge is 0.237 e. The molecule has 4 nitrogen and oxygen atoms in total. The number of hydrogen-bond acceptors (Lipinski definition) is 4. The second kappa shape index (κ2) is 7.14. The highest BCUT2D eigenvalue weighted by Gasteiger charge is 2.33. The van der Waals surface area contributed by atoms with Gasteiger partial charge in [0, 0.05) is 12.6 Å². The van der Waals surface area contributed by atoms with Gasteiger partial charge in [0.1, 0.15) is 0 Å². The lowest BCUT2D eigenvalue weighted by Gasteiger charge is -2.38. The maximum absolute atomic E-state index is 12.4. The zero-order valence-corrected chi connectivity index (χ0v) is 13.5. The first-order valence-electron chi connectivity index (χ1n) is 7.85. The minimum atomic E-state index is -0.682. The van der Waals surface area contributed by atoms with Gasteiger partial charge in [-0.1, -0.05) is 6.42 Å². The van der Waals surface area contributed by atoms with E-state index in [0.717, 1.165) is 43.7 Å². The largest absolute Gasteiger partial charge is 0.388 e. The predicted molar refractivity (Wildman–Crippen MR) is 84.0 cm³/mol. The molecule has 0 unspecified atom stereocenters. The molecule has 116 valence electrons. The average Bonchev–Trinajstić information content (AvgIpc) is 2.45. The molecule has 2 rings (SSSR count). The fourth-order valence-electron chi connectivity index (χ4n) is 3.15. The van der Waals surface area contributed by atoms with Gasteiger partial charge in [-0.3, -0.25) is 9.69 Å². The van der Waals surface area contributed by atoms with Gasteiger partial charge in [-0.2, -0.15) is 11.8 Å². The molecule has 0 aromatic heterocycles. The molecule has 2 saturated heterocycles. The Morgan fingerprint density at radius 3 is 2.75 bits per heavy atom. The molecule has 2 heterocycles. The van der Waals surface area contributed by atoms with Crippen molar-refractivity contribution in [3.8, 4) is 0 Å². The highest BCUT2D eigenvalue weighted by Crippen LogP contribution is 2.26. The Hall–Kier alpha value is -0.260. The second-order valence-electron chi connectivity index (χ2n) is 6.40. The number of carbonyl (C=O) groups excluding carboxylic acids is 1. The van der Waals surface area contributed by atoms with Crippen LogP contribution in [0, 0.1) is 0 Å². The minimum Gasteiger partial charge on any atom is -0.388 e. The Kier molecular flexibility index (Phi) is 5.75. The summed E-state index contributed by atoms with van der Waals surface area (Å²) in [6.07, 6.45) is 4.83. The van der Waals surface area contributed by atoms with Gasteiger partial charge >= 0.3 is 0 Å². The molecule has 0 aromatic rings. The van der Waals surface area contributed by atoms with Crippen LogP contribution in [0.25, 0.3) is 0 Å². The number of aliphatic hydroxyl groups is 1. The van der Waals surface area contributed by atoms with E-state index in [1.807, 2.05) is 11.8 Å². The van der Waals surface area contributed by atoms with Crippen molar-refractivity contribution in [3.05, 3.63) is 0 Å². The van der Waals surface area contributed by atoms with Crippen LogP contribution in [0.3, 0.4) is 0 Å². The van der Waals surface area contributed by atoms with Crippen LogP contribution in [0.15, 0.2) is 0 Å². The van der Waals surface area contributed by atoms with E-state index in [2.05, 4.69) is 24.1 Å². The fourth-order valence-corrected chi connectivity index (χ4v) is 4.40. The maximum atomic E-state index is 12.4. The third kappa shape index (κ3) is 4.12. The van der Waals surface area contributed by atoms with Crippen molar-refractivity contribution in [1.82, 2.24) is 10.2 Å². The van der Waals surface area contributed by atoms with Crippen molar-refractivity contribution in [3.63, 3.8) is 0 Å². The number of amides is 1. The van der Waals surface area contributed by atoms with E-state index in [1.165, 1.54) is 6.42 Å². The summed E-state index contributed by atoms with van der Waals surface area (Å²) in [5.41, 5.74) is -0.682. The molecule has 2 N–H and O–H groups in total. The lowest BCUT2D eigenvalue weighted by molar-refractivity contribution is -0.129. The predicted octanol–water partition coefficient (Wildman–Crippen LogP) is 1.62. The van der Waals surface area contributed by atoms with E-state index < -0.39 is 5.60 Å². The molecule has 0 aromatic carbocycles. The Morgan fingerprint density at radius 1 is 1.40 bits per heavy atom. The zero-order valence-electron chi connectivity index (χ0n) is 12.7. The number of nitrogens with zero attached hydrogens (tertiary/aromatic N) is 1. The summed E-state index contributed by atoms with van der Waals surface area (Å²) in [5.74, 6) is 2.09. The quantitative estimate of drug-likeness (QED) is 0.828. The number of hydrogen-bond donors (Lipinski definition) is 2. The van der Waals surface area contributed by atoms with Gasteiger partial charge in [0.25, 0.3) is 0 Å². The van der Waals surface area contributed by atoms with Crippen LogP contribution in [0.5, 0.6) is 0 Å². The van der Waals surface area contributed by atoms with E-state index in [1.54, 1.807) is 0 Å². The highest BCUT2D eigenvalue weighted by molar-refractivity contribution is 7.99. The molecule has 0 aliphatic carbocycles. The number of carbonyl (C=O) groups is 1. The normalized spacial score (nSPS) is 27.5. The highest BCUT2D eigenvalue weighted by atomic mass is 32.2. The lowest BCUT2D eigenvalue weighted by atomic mass is 9.95. The molecule has 0 spiro atoms. The van der Waals surface area contributed by atoms with E-state index >= 15 is 0 Å². The Morgan fingerprint density at radius 2 is 2.10 bits per heavy atom. The summed E-state index contributed by atoms with van der Waals surface area (Å²) in [4.78, 5) is 14.7. The van der Waals surface area contributed by atoms with E-state index in [0.29, 0.717) is 12.6 Å². The molecule has 2 aliphatic rings. The summed E-state index contributed by atoms with van der Waals surface area (Å²) >= 11 is 1.88. The van der Waals surface area contributed by atoms with Crippen molar-refractivity contribution < 1.29 is 9.90 Å².